The van der Waals surface area contributed by atoms with Gasteiger partial charge in [0, 0.05) is 29.1 Å². The molecule has 1 fully saturated rings. The van der Waals surface area contributed by atoms with Gasteiger partial charge in [0.1, 0.15) is 5.75 Å². The van der Waals surface area contributed by atoms with Crippen molar-refractivity contribution in [3.05, 3.63) is 27.7 Å². The van der Waals surface area contributed by atoms with Crippen LogP contribution in [0.1, 0.15) is 44.2 Å². The fourth-order valence-electron chi connectivity index (χ4n) is 2.99. The molecule has 1 aliphatic heterocycles. The van der Waals surface area contributed by atoms with Crippen LogP contribution >= 0.6 is 23.2 Å². The van der Waals surface area contributed by atoms with Gasteiger partial charge in [-0.15, -0.1) is 0 Å². The molecule has 2 aliphatic rings. The van der Waals surface area contributed by atoms with Crippen molar-refractivity contribution in [2.75, 3.05) is 6.61 Å². The first-order valence-corrected chi connectivity index (χ1v) is 7.78. The van der Waals surface area contributed by atoms with Crippen LogP contribution in [0.2, 0.25) is 10.0 Å². The molecule has 104 valence electrons. The van der Waals surface area contributed by atoms with Crippen LogP contribution in [0.25, 0.3) is 0 Å². The van der Waals surface area contributed by atoms with Crippen LogP contribution in [0.3, 0.4) is 0 Å². The zero-order valence-corrected chi connectivity index (χ0v) is 12.6. The maximum Gasteiger partial charge on any atom is 0.142 e. The van der Waals surface area contributed by atoms with Crippen molar-refractivity contribution in [1.82, 2.24) is 5.32 Å². The van der Waals surface area contributed by atoms with Gasteiger partial charge >= 0.3 is 0 Å². The molecule has 2 unspecified atom stereocenters. The quantitative estimate of drug-likeness (QED) is 0.881. The lowest BCUT2D eigenvalue weighted by Crippen LogP contribution is -2.40. The summed E-state index contributed by atoms with van der Waals surface area (Å²) in [7, 11) is 0. The fraction of sp³-hybridized carbons (Fsp3) is 0.600. The molecule has 1 saturated carbocycles. The largest absolute Gasteiger partial charge is 0.492 e. The number of nitrogens with one attached hydrogen (secondary N) is 1. The minimum Gasteiger partial charge on any atom is -0.492 e. The normalized spacial score (nSPS) is 24.3. The Balaban J connectivity index is 1.81. The second-order valence-electron chi connectivity index (χ2n) is 5.64. The molecule has 0 bridgehead atoms. The molecule has 4 heteroatoms. The molecular formula is C15H19Cl2NO. The summed E-state index contributed by atoms with van der Waals surface area (Å²) in [5.41, 5.74) is 1.11. The van der Waals surface area contributed by atoms with Crippen molar-refractivity contribution in [1.29, 1.82) is 0 Å². The van der Waals surface area contributed by atoms with Crippen LogP contribution in [-0.2, 0) is 0 Å². The van der Waals surface area contributed by atoms with Crippen molar-refractivity contribution in [3.63, 3.8) is 0 Å². The number of halogens is 2. The first-order valence-electron chi connectivity index (χ1n) is 7.03. The number of hydrogen-bond donors (Lipinski definition) is 1. The van der Waals surface area contributed by atoms with Gasteiger partial charge in [-0.2, -0.15) is 0 Å². The van der Waals surface area contributed by atoms with Gasteiger partial charge in [0.05, 0.1) is 11.6 Å². The third-order valence-corrected chi connectivity index (χ3v) is 4.89. The van der Waals surface area contributed by atoms with Crippen molar-refractivity contribution < 1.29 is 4.74 Å². The highest BCUT2D eigenvalue weighted by molar-refractivity contribution is 6.35. The van der Waals surface area contributed by atoms with Gasteiger partial charge in [-0.3, -0.25) is 0 Å². The fourth-order valence-corrected chi connectivity index (χ4v) is 3.56. The molecule has 1 aromatic carbocycles. The standard InChI is InChI=1S/C15H19Cl2NO/c1-9(10-3-2-4-10)18-14-5-6-19-15-12(14)7-11(16)8-13(15)17/h7-10,14,18H,2-6H2,1H3. The van der Waals surface area contributed by atoms with E-state index in [1.54, 1.807) is 6.07 Å². The highest BCUT2D eigenvalue weighted by Crippen LogP contribution is 2.41. The van der Waals surface area contributed by atoms with E-state index < -0.39 is 0 Å². The summed E-state index contributed by atoms with van der Waals surface area (Å²) < 4.78 is 5.69. The smallest absolute Gasteiger partial charge is 0.142 e. The van der Waals surface area contributed by atoms with Gasteiger partial charge in [-0.05, 0) is 37.8 Å². The van der Waals surface area contributed by atoms with Gasteiger partial charge in [0.25, 0.3) is 0 Å². The van der Waals surface area contributed by atoms with Crippen LogP contribution in [0.4, 0.5) is 0 Å². The summed E-state index contributed by atoms with van der Waals surface area (Å²) in [5.74, 6) is 1.62. The summed E-state index contributed by atoms with van der Waals surface area (Å²) >= 11 is 12.3. The zero-order chi connectivity index (χ0) is 13.4. The summed E-state index contributed by atoms with van der Waals surface area (Å²) in [6.45, 7) is 2.99. The van der Waals surface area contributed by atoms with E-state index in [1.165, 1.54) is 19.3 Å². The molecular weight excluding hydrogens is 281 g/mol. The van der Waals surface area contributed by atoms with E-state index in [-0.39, 0.29) is 0 Å². The molecule has 2 atom stereocenters. The third-order valence-electron chi connectivity index (χ3n) is 4.39. The number of benzene rings is 1. The highest BCUT2D eigenvalue weighted by Gasteiger charge is 2.29. The topological polar surface area (TPSA) is 21.3 Å². The molecule has 1 heterocycles. The summed E-state index contributed by atoms with van der Waals surface area (Å²) in [6.07, 6.45) is 5.04. The van der Waals surface area contributed by atoms with E-state index in [9.17, 15) is 0 Å². The van der Waals surface area contributed by atoms with Crippen molar-refractivity contribution in [2.45, 2.75) is 44.7 Å². The number of rotatable bonds is 3. The first-order chi connectivity index (χ1) is 9.15. The SMILES string of the molecule is CC(NC1CCOc2c(Cl)cc(Cl)cc21)C1CCC1. The van der Waals surface area contributed by atoms with Crippen LogP contribution in [0, 0.1) is 5.92 Å². The van der Waals surface area contributed by atoms with Crippen molar-refractivity contribution in [3.8, 4) is 5.75 Å². The number of hydrogen-bond acceptors (Lipinski definition) is 2. The van der Waals surface area contributed by atoms with Gasteiger partial charge in [0.2, 0.25) is 0 Å². The van der Waals surface area contributed by atoms with E-state index in [0.29, 0.717) is 28.7 Å². The van der Waals surface area contributed by atoms with Crippen LogP contribution in [-0.4, -0.2) is 12.6 Å². The Morgan fingerprint density at radius 3 is 2.74 bits per heavy atom. The average molecular weight is 300 g/mol. The van der Waals surface area contributed by atoms with E-state index in [4.69, 9.17) is 27.9 Å². The first kappa shape index (κ1) is 13.5. The predicted molar refractivity (Wildman–Crippen MR) is 79.3 cm³/mol. The molecule has 0 amide bonds. The monoisotopic (exact) mass is 299 g/mol. The second-order valence-corrected chi connectivity index (χ2v) is 6.49. The summed E-state index contributed by atoms with van der Waals surface area (Å²) in [5, 5.41) is 5.03. The van der Waals surface area contributed by atoms with Crippen molar-refractivity contribution >= 4 is 23.2 Å². The molecule has 2 nitrogen and oxygen atoms in total. The van der Waals surface area contributed by atoms with E-state index >= 15 is 0 Å². The summed E-state index contributed by atoms with van der Waals surface area (Å²) in [6, 6.07) is 4.57. The van der Waals surface area contributed by atoms with Crippen LogP contribution in [0.5, 0.6) is 5.75 Å². The van der Waals surface area contributed by atoms with Gasteiger partial charge in [-0.1, -0.05) is 29.6 Å². The van der Waals surface area contributed by atoms with E-state index in [1.807, 2.05) is 6.07 Å². The Labute approximate surface area is 124 Å². The average Bonchev–Trinajstić information content (AvgIpc) is 2.27. The molecule has 0 radical (unpaired) electrons. The van der Waals surface area contributed by atoms with Gasteiger partial charge in [0.15, 0.2) is 0 Å². The Morgan fingerprint density at radius 2 is 2.05 bits per heavy atom. The molecule has 1 N–H and O–H groups in total. The molecule has 0 aromatic heterocycles. The third kappa shape index (κ3) is 2.72. The predicted octanol–water partition coefficient (Wildman–Crippen LogP) is 4.60. The Morgan fingerprint density at radius 1 is 1.26 bits per heavy atom. The summed E-state index contributed by atoms with van der Waals surface area (Å²) in [4.78, 5) is 0. The number of ether oxygens (including phenoxy) is 1. The Kier molecular flexibility index (Phi) is 3.93. The molecule has 0 spiro atoms. The van der Waals surface area contributed by atoms with Crippen LogP contribution in [0.15, 0.2) is 12.1 Å². The minimum atomic E-state index is 0.301. The van der Waals surface area contributed by atoms with Gasteiger partial charge in [-0.25, -0.2) is 0 Å². The lowest BCUT2D eigenvalue weighted by Gasteiger charge is -2.36. The molecule has 3 rings (SSSR count). The zero-order valence-electron chi connectivity index (χ0n) is 11.1. The van der Waals surface area contributed by atoms with Crippen LogP contribution < -0.4 is 10.1 Å². The van der Waals surface area contributed by atoms with Gasteiger partial charge < -0.3 is 10.1 Å². The maximum absolute atomic E-state index is 6.21. The lowest BCUT2D eigenvalue weighted by atomic mass is 9.80. The highest BCUT2D eigenvalue weighted by atomic mass is 35.5. The molecule has 1 aliphatic carbocycles. The maximum atomic E-state index is 6.21. The Bertz CT molecular complexity index is 473. The molecule has 0 saturated heterocycles. The Hall–Kier alpha value is -0.440. The molecule has 19 heavy (non-hydrogen) atoms. The number of fused-ring (bicyclic) bond motifs is 1. The van der Waals surface area contributed by atoms with Crippen molar-refractivity contribution in [2.24, 2.45) is 5.92 Å². The van der Waals surface area contributed by atoms with E-state index in [0.717, 1.165) is 23.7 Å². The van der Waals surface area contributed by atoms with E-state index in [2.05, 4.69) is 12.2 Å². The lowest BCUT2D eigenvalue weighted by molar-refractivity contribution is 0.197. The minimum absolute atomic E-state index is 0.301. The molecule has 1 aromatic rings. The second kappa shape index (κ2) is 5.51.